The molecule has 0 heterocycles. The van der Waals surface area contributed by atoms with Gasteiger partial charge in [0.15, 0.2) is 0 Å². The maximum atomic E-state index is 8.91. The van der Waals surface area contributed by atoms with Crippen molar-refractivity contribution in [1.29, 1.82) is 5.26 Å². The lowest BCUT2D eigenvalue weighted by molar-refractivity contribution is 1.22. The number of nitrogen functional groups attached to an aromatic ring is 1. The van der Waals surface area contributed by atoms with E-state index in [1.54, 1.807) is 23.9 Å². The van der Waals surface area contributed by atoms with Gasteiger partial charge in [0.2, 0.25) is 0 Å². The van der Waals surface area contributed by atoms with Gasteiger partial charge in [0.25, 0.3) is 0 Å². The molecule has 4 heteroatoms. The molecule has 0 saturated heterocycles. The van der Waals surface area contributed by atoms with Gasteiger partial charge in [0.05, 0.1) is 17.0 Å². The molecule has 3 N–H and O–H groups in total. The van der Waals surface area contributed by atoms with Gasteiger partial charge in [-0.1, -0.05) is 5.92 Å². The van der Waals surface area contributed by atoms with Crippen molar-refractivity contribution in [2.24, 2.45) is 0 Å². The van der Waals surface area contributed by atoms with E-state index in [0.717, 1.165) is 18.0 Å². The van der Waals surface area contributed by atoms with E-state index >= 15 is 0 Å². The van der Waals surface area contributed by atoms with Crippen LogP contribution < -0.4 is 11.1 Å². The predicted molar refractivity (Wildman–Crippen MR) is 70.2 cm³/mol. The Balaban J connectivity index is 2.48. The number of hydrogen-bond acceptors (Lipinski definition) is 4. The topological polar surface area (TPSA) is 61.8 Å². The SMILES string of the molecule is C#CCSCCNc1ccc(N)cc1C#N. The summed E-state index contributed by atoms with van der Waals surface area (Å²) in [5.41, 5.74) is 7.58. The zero-order chi connectivity index (χ0) is 11.8. The molecule has 1 aromatic carbocycles. The summed E-state index contributed by atoms with van der Waals surface area (Å²) in [5, 5.41) is 12.1. The summed E-state index contributed by atoms with van der Waals surface area (Å²) in [4.78, 5) is 0. The summed E-state index contributed by atoms with van der Waals surface area (Å²) in [6.45, 7) is 0.783. The van der Waals surface area contributed by atoms with Gasteiger partial charge in [-0.3, -0.25) is 0 Å². The molecule has 0 radical (unpaired) electrons. The van der Waals surface area contributed by atoms with Crippen LogP contribution in [0.25, 0.3) is 0 Å². The van der Waals surface area contributed by atoms with Gasteiger partial charge in [-0.15, -0.1) is 18.2 Å². The maximum absolute atomic E-state index is 8.91. The van der Waals surface area contributed by atoms with Gasteiger partial charge in [0, 0.05) is 18.0 Å². The van der Waals surface area contributed by atoms with Gasteiger partial charge in [-0.25, -0.2) is 0 Å². The third-order valence-electron chi connectivity index (χ3n) is 1.91. The molecule has 0 spiro atoms. The zero-order valence-electron chi connectivity index (χ0n) is 8.86. The standard InChI is InChI=1S/C12H13N3S/c1-2-6-16-7-5-15-12-4-3-11(14)8-10(12)9-13/h1,3-4,8,15H,5-7,14H2. The normalized spacial score (nSPS) is 9.12. The second-order valence-corrected chi connectivity index (χ2v) is 4.21. The Hall–Kier alpha value is -1.78. The van der Waals surface area contributed by atoms with Crippen molar-refractivity contribution in [1.82, 2.24) is 0 Å². The lowest BCUT2D eigenvalue weighted by Gasteiger charge is -2.07. The van der Waals surface area contributed by atoms with Crippen molar-refractivity contribution >= 4 is 23.1 Å². The molecule has 0 unspecified atom stereocenters. The van der Waals surface area contributed by atoms with Crippen molar-refractivity contribution in [3.8, 4) is 18.4 Å². The molecule has 0 aliphatic rings. The Morgan fingerprint density at radius 2 is 2.31 bits per heavy atom. The van der Waals surface area contributed by atoms with E-state index in [4.69, 9.17) is 17.4 Å². The quantitative estimate of drug-likeness (QED) is 0.462. The van der Waals surface area contributed by atoms with Crippen LogP contribution in [-0.2, 0) is 0 Å². The largest absolute Gasteiger partial charge is 0.399 e. The number of anilines is 2. The summed E-state index contributed by atoms with van der Waals surface area (Å²) in [5.74, 6) is 4.20. The first-order valence-electron chi connectivity index (χ1n) is 4.82. The van der Waals surface area contributed by atoms with E-state index in [1.165, 1.54) is 0 Å². The van der Waals surface area contributed by atoms with E-state index in [-0.39, 0.29) is 0 Å². The van der Waals surface area contributed by atoms with Crippen molar-refractivity contribution in [3.63, 3.8) is 0 Å². The van der Waals surface area contributed by atoms with Crippen LogP contribution in [0.4, 0.5) is 11.4 Å². The van der Waals surface area contributed by atoms with Crippen LogP contribution in [0.1, 0.15) is 5.56 Å². The Morgan fingerprint density at radius 3 is 3.00 bits per heavy atom. The van der Waals surface area contributed by atoms with Crippen LogP contribution in [-0.4, -0.2) is 18.1 Å². The molecule has 0 aliphatic heterocycles. The smallest absolute Gasteiger partial charge is 0.101 e. The average molecular weight is 231 g/mol. The Kier molecular flexibility index (Phi) is 5.11. The first kappa shape index (κ1) is 12.3. The molecule has 0 atom stereocenters. The van der Waals surface area contributed by atoms with Gasteiger partial charge in [0.1, 0.15) is 6.07 Å². The lowest BCUT2D eigenvalue weighted by atomic mass is 10.2. The summed E-state index contributed by atoms with van der Waals surface area (Å²) in [6.07, 6.45) is 5.14. The Bertz CT molecular complexity index is 429. The first-order valence-corrected chi connectivity index (χ1v) is 5.98. The molecule has 16 heavy (non-hydrogen) atoms. The molecule has 1 rings (SSSR count). The number of nitrogens with zero attached hydrogens (tertiary/aromatic N) is 1. The van der Waals surface area contributed by atoms with Gasteiger partial charge < -0.3 is 11.1 Å². The molecule has 82 valence electrons. The molecule has 0 amide bonds. The molecular formula is C12H13N3S. The van der Waals surface area contributed by atoms with Crippen LogP contribution in [0, 0.1) is 23.7 Å². The molecule has 0 fully saturated rings. The highest BCUT2D eigenvalue weighted by molar-refractivity contribution is 7.99. The van der Waals surface area contributed by atoms with Crippen molar-refractivity contribution in [3.05, 3.63) is 23.8 Å². The zero-order valence-corrected chi connectivity index (χ0v) is 9.68. The number of thioether (sulfide) groups is 1. The molecule has 1 aromatic rings. The second kappa shape index (κ2) is 6.66. The molecule has 0 aliphatic carbocycles. The lowest BCUT2D eigenvalue weighted by Crippen LogP contribution is -2.06. The Morgan fingerprint density at radius 1 is 1.50 bits per heavy atom. The molecule has 0 bridgehead atoms. The fraction of sp³-hybridized carbons (Fsp3) is 0.250. The number of nitrogens with two attached hydrogens (primary N) is 1. The number of terminal acetylenes is 1. The van der Waals surface area contributed by atoms with Crippen molar-refractivity contribution in [2.75, 3.05) is 29.1 Å². The number of benzene rings is 1. The highest BCUT2D eigenvalue weighted by Crippen LogP contribution is 2.17. The highest BCUT2D eigenvalue weighted by Gasteiger charge is 2.01. The highest BCUT2D eigenvalue weighted by atomic mass is 32.2. The van der Waals surface area contributed by atoms with Crippen LogP contribution in [0.3, 0.4) is 0 Å². The third kappa shape index (κ3) is 3.76. The molecular weight excluding hydrogens is 218 g/mol. The maximum Gasteiger partial charge on any atom is 0.101 e. The fourth-order valence-corrected chi connectivity index (χ4v) is 1.71. The number of nitriles is 1. The second-order valence-electron chi connectivity index (χ2n) is 3.10. The number of nitrogens with one attached hydrogen (secondary N) is 1. The van der Waals surface area contributed by atoms with E-state index < -0.39 is 0 Å². The minimum atomic E-state index is 0.571. The van der Waals surface area contributed by atoms with E-state index in [9.17, 15) is 0 Å². The minimum Gasteiger partial charge on any atom is -0.399 e. The van der Waals surface area contributed by atoms with Gasteiger partial charge >= 0.3 is 0 Å². The average Bonchev–Trinajstić information content (AvgIpc) is 2.30. The van der Waals surface area contributed by atoms with E-state index in [0.29, 0.717) is 17.0 Å². The first-order chi connectivity index (χ1) is 7.77. The number of rotatable bonds is 5. The fourth-order valence-electron chi connectivity index (χ4n) is 1.20. The number of hydrogen-bond donors (Lipinski definition) is 2. The predicted octanol–water partition coefficient (Wildman–Crippen LogP) is 1.92. The van der Waals surface area contributed by atoms with Crippen molar-refractivity contribution < 1.29 is 0 Å². The van der Waals surface area contributed by atoms with Gasteiger partial charge in [-0.2, -0.15) is 5.26 Å². The Labute approximate surface area is 100 Å². The minimum absolute atomic E-state index is 0.571. The summed E-state index contributed by atoms with van der Waals surface area (Å²) in [7, 11) is 0. The summed E-state index contributed by atoms with van der Waals surface area (Å²) >= 11 is 1.68. The van der Waals surface area contributed by atoms with Crippen LogP contribution in [0.2, 0.25) is 0 Å². The monoisotopic (exact) mass is 231 g/mol. The van der Waals surface area contributed by atoms with E-state index in [2.05, 4.69) is 17.3 Å². The van der Waals surface area contributed by atoms with E-state index in [1.807, 2.05) is 6.07 Å². The summed E-state index contributed by atoms with van der Waals surface area (Å²) in [6, 6.07) is 7.37. The summed E-state index contributed by atoms with van der Waals surface area (Å²) < 4.78 is 0. The van der Waals surface area contributed by atoms with Gasteiger partial charge in [-0.05, 0) is 18.2 Å². The molecule has 3 nitrogen and oxygen atoms in total. The molecule has 0 aromatic heterocycles. The van der Waals surface area contributed by atoms with Crippen LogP contribution in [0.15, 0.2) is 18.2 Å². The third-order valence-corrected chi connectivity index (χ3v) is 2.77. The van der Waals surface area contributed by atoms with Crippen LogP contribution in [0.5, 0.6) is 0 Å². The molecule has 0 saturated carbocycles. The van der Waals surface area contributed by atoms with Crippen LogP contribution >= 0.6 is 11.8 Å². The van der Waals surface area contributed by atoms with Crippen molar-refractivity contribution in [2.45, 2.75) is 0 Å².